The van der Waals surface area contributed by atoms with Gasteiger partial charge in [-0.15, -0.1) is 0 Å². The summed E-state index contributed by atoms with van der Waals surface area (Å²) in [6.45, 7) is 4.44. The van der Waals surface area contributed by atoms with E-state index in [1.165, 1.54) is 32.1 Å². The second-order valence-electron chi connectivity index (χ2n) is 4.52. The van der Waals surface area contributed by atoms with Crippen molar-refractivity contribution in [2.75, 3.05) is 5.32 Å². The number of nitrogens with one attached hydrogen (secondary N) is 1. The first-order valence-corrected chi connectivity index (χ1v) is 7.10. The number of benzene rings is 1. The van der Waals surface area contributed by atoms with Gasteiger partial charge in [-0.25, -0.2) is 0 Å². The van der Waals surface area contributed by atoms with Crippen LogP contribution < -0.4 is 5.32 Å². The molecule has 0 fully saturated rings. The van der Waals surface area contributed by atoms with Gasteiger partial charge in [-0.3, -0.25) is 0 Å². The van der Waals surface area contributed by atoms with Gasteiger partial charge in [-0.1, -0.05) is 55.8 Å². The van der Waals surface area contributed by atoms with Gasteiger partial charge < -0.3 is 5.32 Å². The molecule has 1 atom stereocenters. The Morgan fingerprint density at radius 3 is 2.53 bits per heavy atom. The summed E-state index contributed by atoms with van der Waals surface area (Å²) in [6.07, 6.45) is 6.42. The van der Waals surface area contributed by atoms with E-state index in [9.17, 15) is 0 Å². The molecular formula is C14H21Cl2N. The van der Waals surface area contributed by atoms with E-state index >= 15 is 0 Å². The summed E-state index contributed by atoms with van der Waals surface area (Å²) >= 11 is 11.8. The molecule has 0 saturated carbocycles. The minimum atomic E-state index is 0.476. The zero-order valence-electron chi connectivity index (χ0n) is 10.6. The number of halogens is 2. The van der Waals surface area contributed by atoms with Gasteiger partial charge in [0.25, 0.3) is 0 Å². The first-order valence-electron chi connectivity index (χ1n) is 6.35. The molecule has 0 aliphatic carbocycles. The Morgan fingerprint density at radius 2 is 1.88 bits per heavy atom. The Labute approximate surface area is 115 Å². The van der Waals surface area contributed by atoms with E-state index in [1.54, 1.807) is 0 Å². The van der Waals surface area contributed by atoms with Crippen molar-refractivity contribution in [3.8, 4) is 0 Å². The van der Waals surface area contributed by atoms with Gasteiger partial charge in [-0.05, 0) is 31.5 Å². The third kappa shape index (κ3) is 5.65. The summed E-state index contributed by atoms with van der Waals surface area (Å²) in [7, 11) is 0. The molecule has 0 heterocycles. The normalized spacial score (nSPS) is 12.5. The summed E-state index contributed by atoms with van der Waals surface area (Å²) in [5.74, 6) is 0. The Balaban J connectivity index is 2.34. The van der Waals surface area contributed by atoms with E-state index in [0.29, 0.717) is 16.1 Å². The summed E-state index contributed by atoms with van der Waals surface area (Å²) in [4.78, 5) is 0. The Morgan fingerprint density at radius 1 is 1.12 bits per heavy atom. The SMILES string of the molecule is CCCCCCC(C)Nc1ccc(Cl)c(Cl)c1. The predicted octanol–water partition coefficient (Wildman–Crippen LogP) is 5.76. The molecule has 0 aliphatic rings. The summed E-state index contributed by atoms with van der Waals surface area (Å²) in [6, 6.07) is 6.16. The van der Waals surface area contributed by atoms with Crippen LogP contribution in [0.25, 0.3) is 0 Å². The van der Waals surface area contributed by atoms with Crippen LogP contribution in [-0.4, -0.2) is 6.04 Å². The zero-order valence-corrected chi connectivity index (χ0v) is 12.1. The van der Waals surface area contributed by atoms with Gasteiger partial charge in [0, 0.05) is 11.7 Å². The van der Waals surface area contributed by atoms with Gasteiger partial charge in [0.1, 0.15) is 0 Å². The molecule has 1 nitrogen and oxygen atoms in total. The Bertz CT molecular complexity index is 339. The monoisotopic (exact) mass is 273 g/mol. The summed E-state index contributed by atoms with van der Waals surface area (Å²) in [5, 5.41) is 4.65. The molecular weight excluding hydrogens is 253 g/mol. The second-order valence-corrected chi connectivity index (χ2v) is 5.34. The lowest BCUT2D eigenvalue weighted by Gasteiger charge is -2.15. The molecule has 1 unspecified atom stereocenters. The maximum absolute atomic E-state index is 5.97. The maximum Gasteiger partial charge on any atom is 0.0612 e. The molecule has 3 heteroatoms. The van der Waals surface area contributed by atoms with E-state index in [2.05, 4.69) is 19.2 Å². The highest BCUT2D eigenvalue weighted by molar-refractivity contribution is 6.42. The minimum absolute atomic E-state index is 0.476. The van der Waals surface area contributed by atoms with Crippen LogP contribution >= 0.6 is 23.2 Å². The van der Waals surface area contributed by atoms with Crippen molar-refractivity contribution in [3.63, 3.8) is 0 Å². The van der Waals surface area contributed by atoms with Crippen molar-refractivity contribution < 1.29 is 0 Å². The highest BCUT2D eigenvalue weighted by Gasteiger charge is 2.04. The molecule has 0 aromatic heterocycles. The molecule has 0 bridgehead atoms. The van der Waals surface area contributed by atoms with Crippen molar-refractivity contribution in [3.05, 3.63) is 28.2 Å². The smallest absolute Gasteiger partial charge is 0.0612 e. The third-order valence-electron chi connectivity index (χ3n) is 2.82. The fraction of sp³-hybridized carbons (Fsp3) is 0.571. The van der Waals surface area contributed by atoms with Gasteiger partial charge >= 0.3 is 0 Å². The van der Waals surface area contributed by atoms with Crippen LogP contribution in [0.4, 0.5) is 5.69 Å². The van der Waals surface area contributed by atoms with Crippen LogP contribution in [0.2, 0.25) is 10.0 Å². The first kappa shape index (κ1) is 14.7. The molecule has 1 aromatic carbocycles. The quantitative estimate of drug-likeness (QED) is 0.623. The number of rotatable bonds is 7. The highest BCUT2D eigenvalue weighted by atomic mass is 35.5. The minimum Gasteiger partial charge on any atom is -0.383 e. The predicted molar refractivity (Wildman–Crippen MR) is 78.3 cm³/mol. The molecule has 1 rings (SSSR count). The topological polar surface area (TPSA) is 12.0 Å². The van der Waals surface area contributed by atoms with E-state index in [0.717, 1.165) is 5.69 Å². The number of hydrogen-bond acceptors (Lipinski definition) is 1. The number of unbranched alkanes of at least 4 members (excludes halogenated alkanes) is 3. The molecule has 0 aliphatic heterocycles. The fourth-order valence-electron chi connectivity index (χ4n) is 1.82. The number of anilines is 1. The molecule has 1 aromatic rings. The molecule has 0 saturated heterocycles. The Hall–Kier alpha value is -0.400. The van der Waals surface area contributed by atoms with Crippen LogP contribution in [0.15, 0.2) is 18.2 Å². The average Bonchev–Trinajstić information content (AvgIpc) is 2.30. The van der Waals surface area contributed by atoms with Crippen LogP contribution in [0.5, 0.6) is 0 Å². The van der Waals surface area contributed by atoms with E-state index < -0.39 is 0 Å². The molecule has 1 N–H and O–H groups in total. The summed E-state index contributed by atoms with van der Waals surface area (Å²) in [5.41, 5.74) is 1.04. The third-order valence-corrected chi connectivity index (χ3v) is 3.56. The molecule has 0 radical (unpaired) electrons. The van der Waals surface area contributed by atoms with Crippen LogP contribution in [0, 0.1) is 0 Å². The average molecular weight is 274 g/mol. The molecule has 96 valence electrons. The van der Waals surface area contributed by atoms with E-state index in [1.807, 2.05) is 18.2 Å². The van der Waals surface area contributed by atoms with Crippen molar-refractivity contribution >= 4 is 28.9 Å². The lowest BCUT2D eigenvalue weighted by molar-refractivity contribution is 0.594. The van der Waals surface area contributed by atoms with E-state index in [-0.39, 0.29) is 0 Å². The number of hydrogen-bond donors (Lipinski definition) is 1. The molecule has 0 amide bonds. The lowest BCUT2D eigenvalue weighted by Crippen LogP contribution is -2.14. The zero-order chi connectivity index (χ0) is 12.7. The highest BCUT2D eigenvalue weighted by Crippen LogP contribution is 2.25. The fourth-order valence-corrected chi connectivity index (χ4v) is 2.12. The molecule has 0 spiro atoms. The first-order chi connectivity index (χ1) is 8.13. The lowest BCUT2D eigenvalue weighted by atomic mass is 10.1. The second kappa shape index (κ2) is 7.84. The van der Waals surface area contributed by atoms with Crippen molar-refractivity contribution in [2.45, 2.75) is 52.0 Å². The van der Waals surface area contributed by atoms with Crippen molar-refractivity contribution in [1.82, 2.24) is 0 Å². The summed E-state index contributed by atoms with van der Waals surface area (Å²) < 4.78 is 0. The van der Waals surface area contributed by atoms with Crippen molar-refractivity contribution in [2.24, 2.45) is 0 Å². The largest absolute Gasteiger partial charge is 0.383 e. The van der Waals surface area contributed by atoms with Gasteiger partial charge in [0.2, 0.25) is 0 Å². The van der Waals surface area contributed by atoms with Crippen LogP contribution in [0.1, 0.15) is 46.0 Å². The van der Waals surface area contributed by atoms with Crippen LogP contribution in [0.3, 0.4) is 0 Å². The maximum atomic E-state index is 5.97. The van der Waals surface area contributed by atoms with Gasteiger partial charge in [-0.2, -0.15) is 0 Å². The van der Waals surface area contributed by atoms with Gasteiger partial charge in [0.15, 0.2) is 0 Å². The van der Waals surface area contributed by atoms with Crippen molar-refractivity contribution in [1.29, 1.82) is 0 Å². The Kier molecular flexibility index (Phi) is 6.76. The van der Waals surface area contributed by atoms with E-state index in [4.69, 9.17) is 23.2 Å². The van der Waals surface area contributed by atoms with Crippen LogP contribution in [-0.2, 0) is 0 Å². The van der Waals surface area contributed by atoms with Gasteiger partial charge in [0.05, 0.1) is 10.0 Å². The molecule has 17 heavy (non-hydrogen) atoms. The standard InChI is InChI=1S/C14H21Cl2N/c1-3-4-5-6-7-11(2)17-12-8-9-13(15)14(16)10-12/h8-11,17H,3-7H2,1-2H3.